The Morgan fingerprint density at radius 1 is 0.747 bits per heavy atom. The predicted molar refractivity (Wildman–Crippen MR) is 352 cm³/mol. The van der Waals surface area contributed by atoms with Gasteiger partial charge in [-0.25, -0.2) is 0 Å². The normalized spacial score (nSPS) is 33.0. The molecule has 5 fully saturated rings. The second kappa shape index (κ2) is 25.9. The molecule has 1 saturated heterocycles. The number of H-pyrrole nitrogens is 1. The van der Waals surface area contributed by atoms with Crippen LogP contribution >= 0.6 is 43.2 Å². The summed E-state index contributed by atoms with van der Waals surface area (Å²) in [5.41, 5.74) is 20.4. The van der Waals surface area contributed by atoms with Gasteiger partial charge in [0.2, 0.25) is 0 Å². The molecule has 2 aliphatic heterocycles. The first-order valence-electron chi connectivity index (χ1n) is 32.1. The van der Waals surface area contributed by atoms with Crippen molar-refractivity contribution >= 4 is 54.7 Å². The number of benzene rings is 4. The van der Waals surface area contributed by atoms with Crippen LogP contribution in [-0.4, -0.2) is 83.8 Å². The molecular formula is C72H85N3O8S4. The lowest BCUT2D eigenvalue weighted by Gasteiger charge is -2.48. The molecule has 460 valence electrons. The Labute approximate surface area is 529 Å². The fourth-order valence-corrected chi connectivity index (χ4v) is 23.5. The average Bonchev–Trinajstić information content (AvgIpc) is 1.80. The minimum Gasteiger partial charge on any atom is -0.508 e. The fraction of sp³-hybridized carbons (Fsp3) is 0.528. The van der Waals surface area contributed by atoms with E-state index >= 15 is 0 Å². The van der Waals surface area contributed by atoms with Crippen LogP contribution < -0.4 is 16.2 Å². The summed E-state index contributed by atoms with van der Waals surface area (Å²) in [6.07, 6.45) is 18.9. The number of aryl methyl sites for hydroxylation is 1. The second-order valence-corrected chi connectivity index (χ2v) is 32.4. The molecule has 10 N–H and O–H groups in total. The number of aromatic amines is 1. The van der Waals surface area contributed by atoms with E-state index in [1.54, 1.807) is 56.8 Å². The summed E-state index contributed by atoms with van der Waals surface area (Å²) in [5.74, 6) is 11.3. The zero-order valence-electron chi connectivity index (χ0n) is 49.8. The van der Waals surface area contributed by atoms with Crippen LogP contribution in [0.1, 0.15) is 174 Å². The monoisotopic (exact) mass is 1250 g/mol. The number of carbonyl (C=O) groups excluding carboxylic acids is 2. The lowest BCUT2D eigenvalue weighted by atomic mass is 9.59. The van der Waals surface area contributed by atoms with Gasteiger partial charge in [-0.05, 0) is 199 Å². The number of phenolic OH excluding ortho intramolecular Hbond substituents is 2. The summed E-state index contributed by atoms with van der Waals surface area (Å²) < 4.78 is 6.29. The molecular weight excluding hydrogens is 1160 g/mol. The van der Waals surface area contributed by atoms with Gasteiger partial charge in [-0.15, -0.1) is 0 Å². The van der Waals surface area contributed by atoms with E-state index in [1.807, 2.05) is 47.2 Å². The molecule has 1 aromatic heterocycles. The van der Waals surface area contributed by atoms with Gasteiger partial charge < -0.3 is 46.7 Å². The summed E-state index contributed by atoms with van der Waals surface area (Å²) in [7, 11) is 7.08. The predicted octanol–water partition coefficient (Wildman–Crippen LogP) is 13.1. The Morgan fingerprint density at radius 2 is 1.59 bits per heavy atom. The average molecular weight is 1250 g/mol. The van der Waals surface area contributed by atoms with Gasteiger partial charge in [-0.1, -0.05) is 129 Å². The van der Waals surface area contributed by atoms with Gasteiger partial charge in [0.15, 0.2) is 23.1 Å². The molecule has 6 aliphatic carbocycles. The van der Waals surface area contributed by atoms with Crippen LogP contribution in [-0.2, 0) is 36.2 Å². The highest BCUT2D eigenvalue weighted by Crippen LogP contribution is 2.61. The van der Waals surface area contributed by atoms with E-state index in [0.29, 0.717) is 101 Å². The highest BCUT2D eigenvalue weighted by molar-refractivity contribution is 8.77. The molecule has 3 heterocycles. The molecule has 8 aliphatic rings. The number of ketones is 2. The Balaban J connectivity index is 0.879. The van der Waals surface area contributed by atoms with Crippen LogP contribution in [0.25, 0.3) is 0 Å². The number of aliphatic hydroxyl groups excluding tert-OH is 1. The number of rotatable bonds is 2. The molecule has 13 rings (SSSR count). The molecule has 0 amide bonds. The highest BCUT2D eigenvalue weighted by atomic mass is 33.1. The number of ether oxygens (including phenoxy) is 1. The number of aromatic hydroxyl groups is 2. The van der Waals surface area contributed by atoms with Crippen LogP contribution in [0.4, 0.5) is 0 Å². The van der Waals surface area contributed by atoms with Gasteiger partial charge in [0, 0.05) is 82.7 Å². The van der Waals surface area contributed by atoms with E-state index in [1.165, 1.54) is 36.8 Å². The van der Waals surface area contributed by atoms with E-state index < -0.39 is 28.7 Å². The number of hydrogen-bond acceptors (Lipinski definition) is 14. The third kappa shape index (κ3) is 12.8. The first-order valence-corrected chi connectivity index (χ1v) is 37.1. The summed E-state index contributed by atoms with van der Waals surface area (Å²) in [6.45, 7) is 0.305. The van der Waals surface area contributed by atoms with Crippen molar-refractivity contribution in [2.45, 2.75) is 151 Å². The van der Waals surface area contributed by atoms with Crippen molar-refractivity contribution in [2.75, 3.05) is 30.5 Å². The fourth-order valence-electron chi connectivity index (χ4n) is 18.0. The first kappa shape index (κ1) is 61.3. The molecule has 0 radical (unpaired) electrons. The van der Waals surface area contributed by atoms with Crippen molar-refractivity contribution in [3.8, 4) is 29.1 Å². The molecule has 4 aromatic carbocycles. The Morgan fingerprint density at radius 3 is 2.45 bits per heavy atom. The molecule has 13 atom stereocenters. The quantitative estimate of drug-likeness (QED) is 0.0470. The van der Waals surface area contributed by atoms with Crippen molar-refractivity contribution in [1.29, 1.82) is 0 Å². The van der Waals surface area contributed by atoms with Crippen LogP contribution in [0.3, 0.4) is 0 Å². The Hall–Kier alpha value is -4.60. The van der Waals surface area contributed by atoms with Gasteiger partial charge in [0.1, 0.15) is 5.75 Å². The third-order valence-electron chi connectivity index (χ3n) is 22.3. The zero-order chi connectivity index (χ0) is 60.0. The van der Waals surface area contributed by atoms with Gasteiger partial charge in [0.05, 0.1) is 37.0 Å². The Kier molecular flexibility index (Phi) is 18.3. The number of carbonyl (C=O) groups is 2. The van der Waals surface area contributed by atoms with Crippen LogP contribution in [0.5, 0.6) is 17.2 Å². The number of nitrogens with one attached hydrogen (secondary N) is 1. The minimum atomic E-state index is -1.07. The van der Waals surface area contributed by atoms with Gasteiger partial charge in [-0.2, -0.15) is 0 Å². The van der Waals surface area contributed by atoms with Crippen LogP contribution in [0, 0.1) is 64.6 Å². The summed E-state index contributed by atoms with van der Waals surface area (Å²) >= 11 is 0. The van der Waals surface area contributed by atoms with Gasteiger partial charge in [0.25, 0.3) is 0 Å². The molecule has 11 nitrogen and oxygen atoms in total. The number of Topliss-reactive ketones (excluding diaryl/α,β-unsaturated/α-hetero) is 1. The zero-order valence-corrected chi connectivity index (χ0v) is 53.1. The molecule has 15 heteroatoms. The van der Waals surface area contributed by atoms with E-state index in [4.69, 9.17) is 16.2 Å². The first-order chi connectivity index (χ1) is 42.1. The highest BCUT2D eigenvalue weighted by Gasteiger charge is 2.56. The number of fused-ring (bicyclic) bond motifs is 15. The van der Waals surface area contributed by atoms with E-state index in [9.17, 15) is 35.1 Å². The number of phenols is 2. The molecule has 4 saturated carbocycles. The largest absolute Gasteiger partial charge is 0.508 e. The SMILES string of the molecule is NC(N)c1cc2c3cc1CSSCC1CC4(C=CC(=O)CCc5ccc(O)c(c5)OCCc5ccc(O)c(c5)C3CC(=O)c3cc[nH]c3CC#C2)CCC2CC3(O)CC(CCC5CCCC53)CC3C2Cc2ccccc2C(CO)C3CSSCC1(O)C4. The molecule has 15 bridgehead atoms. The maximum absolute atomic E-state index is 14.5. The maximum atomic E-state index is 14.5. The lowest BCUT2D eigenvalue weighted by Crippen LogP contribution is -2.47. The van der Waals surface area contributed by atoms with Gasteiger partial charge >= 0.3 is 0 Å². The number of allylic oxidation sites excluding steroid dienone is 2. The number of nitrogens with two attached hydrogens (primary N) is 2. The third-order valence-corrected chi connectivity index (χ3v) is 27.2. The van der Waals surface area contributed by atoms with E-state index in [2.05, 4.69) is 53.2 Å². The standard InChI is InChI=1S/C72H85N3O8S4/c73-69(74)57-31-48-7-4-10-64-54(21-25-75-64)67(80)33-59-55(48)32-50(57)38-84-85-39-51-36-70(24-20-52(77)16-12-43-14-18-66(79)68(29-43)83-26-22-44-13-17-65(78)60(59)27-44)23-19-49-35-71(81)34-45(11-15-46-6-3-9-63(46)71)28-58-56(49)30-47-5-1-2-8-53(47)61(37-76)62(58)40-86-87-42-72(51,82)41-70/h1-2,5,8,13-14,17-18,20-21,24-25,27,29,31-32,45-46,49,51,56,58-59,61-63,69,75-76,78-79,81-82H,3,6,9-12,15-16,19,22-23,26,28,30,33-42,73-74H2. The van der Waals surface area contributed by atoms with Crippen molar-refractivity contribution < 1.29 is 39.9 Å². The second-order valence-electron chi connectivity index (χ2n) is 27.4. The number of hydrogen-bond donors (Lipinski definition) is 8. The van der Waals surface area contributed by atoms with Crippen molar-refractivity contribution in [2.24, 2.45) is 64.2 Å². The summed E-state index contributed by atoms with van der Waals surface area (Å²) in [6, 6.07) is 25.5. The maximum Gasteiger partial charge on any atom is 0.165 e. The van der Waals surface area contributed by atoms with Gasteiger partial charge in [-0.3, -0.25) is 9.59 Å². The molecule has 5 aromatic rings. The number of aliphatic hydroxyl groups is 3. The van der Waals surface area contributed by atoms with E-state index in [0.717, 1.165) is 84.2 Å². The minimum absolute atomic E-state index is 0.00128. The lowest BCUT2D eigenvalue weighted by molar-refractivity contribution is -0.114. The van der Waals surface area contributed by atoms with Crippen LogP contribution in [0.2, 0.25) is 0 Å². The molecule has 13 unspecified atom stereocenters. The van der Waals surface area contributed by atoms with Crippen LogP contribution in [0.15, 0.2) is 97.2 Å². The van der Waals surface area contributed by atoms with Crippen molar-refractivity contribution in [3.05, 3.63) is 159 Å². The molecule has 1 spiro atoms. The Bertz CT molecular complexity index is 3470. The summed E-state index contributed by atoms with van der Waals surface area (Å²) in [5, 5.41) is 61.5. The van der Waals surface area contributed by atoms with Crippen molar-refractivity contribution in [3.63, 3.8) is 0 Å². The summed E-state index contributed by atoms with van der Waals surface area (Å²) in [4.78, 5) is 32.2. The van der Waals surface area contributed by atoms with Crippen molar-refractivity contribution in [1.82, 2.24) is 4.98 Å². The van der Waals surface area contributed by atoms with E-state index in [-0.39, 0.29) is 72.8 Å². The topological polar surface area (TPSA) is 212 Å². The number of aromatic nitrogens is 1. The molecule has 87 heavy (non-hydrogen) atoms. The smallest absolute Gasteiger partial charge is 0.165 e.